The Balaban J connectivity index is 2.39. The third-order valence-corrected chi connectivity index (χ3v) is 5.71. The van der Waals surface area contributed by atoms with Gasteiger partial charge in [0.15, 0.2) is 9.97 Å². The monoisotopic (exact) mass is 367 g/mol. The zero-order valence-electron chi connectivity index (χ0n) is 11.0. The highest BCUT2D eigenvalue weighted by Crippen LogP contribution is 2.29. The van der Waals surface area contributed by atoms with Crippen molar-refractivity contribution in [2.45, 2.75) is 9.73 Å². The summed E-state index contributed by atoms with van der Waals surface area (Å²) >= 11 is 12.0. The number of hydrogen-bond acceptors (Lipinski definition) is 5. The number of sulfonamides is 1. The lowest BCUT2D eigenvalue weighted by molar-refractivity contribution is -0.114. The number of nitrogens with zero attached hydrogens (tertiary/aromatic N) is 2. The maximum Gasteiger partial charge on any atom is 0.259 e. The number of benzene rings is 1. The molecule has 0 spiro atoms. The van der Waals surface area contributed by atoms with E-state index in [1.54, 1.807) is 6.07 Å². The van der Waals surface area contributed by atoms with Crippen LogP contribution in [0.5, 0.6) is 0 Å². The van der Waals surface area contributed by atoms with Gasteiger partial charge in [-0.25, -0.2) is 17.7 Å². The maximum absolute atomic E-state index is 12.1. The third kappa shape index (κ3) is 3.46. The molecule has 0 saturated heterocycles. The first-order valence-corrected chi connectivity index (χ1v) is 8.77. The second kappa shape index (κ2) is 6.05. The summed E-state index contributed by atoms with van der Waals surface area (Å²) in [6, 6.07) is 4.56. The van der Waals surface area contributed by atoms with Crippen LogP contribution in [0.2, 0.25) is 0 Å². The summed E-state index contributed by atoms with van der Waals surface area (Å²) in [5.74, 6) is -0.585. The highest BCUT2D eigenvalue weighted by molar-refractivity contribution is 7.89. The highest BCUT2D eigenvalue weighted by Gasteiger charge is 2.19. The van der Waals surface area contributed by atoms with Crippen molar-refractivity contribution < 1.29 is 13.2 Å². The number of anilines is 1. The minimum atomic E-state index is -3.51. The van der Waals surface area contributed by atoms with Crippen molar-refractivity contribution in [2.24, 2.45) is 0 Å². The van der Waals surface area contributed by atoms with Gasteiger partial charge in [0, 0.05) is 14.1 Å². The average molecular weight is 368 g/mol. The number of carbonyl (C=O) groups is 1. The van der Waals surface area contributed by atoms with Crippen molar-refractivity contribution in [3.05, 3.63) is 18.2 Å². The number of rotatable bonds is 4. The van der Waals surface area contributed by atoms with Gasteiger partial charge in [-0.2, -0.15) is 0 Å². The van der Waals surface area contributed by atoms with Gasteiger partial charge in [-0.3, -0.25) is 10.1 Å². The van der Waals surface area contributed by atoms with Crippen LogP contribution >= 0.6 is 34.5 Å². The third-order valence-electron chi connectivity index (χ3n) is 2.57. The van der Waals surface area contributed by atoms with Crippen LogP contribution in [0.25, 0.3) is 10.2 Å². The van der Waals surface area contributed by atoms with E-state index < -0.39 is 20.8 Å². The number of hydrogen-bond donors (Lipinski definition) is 1. The number of carbonyl (C=O) groups excluding carboxylic acids is 1. The van der Waals surface area contributed by atoms with Crippen LogP contribution in [0.4, 0.5) is 5.13 Å². The number of amides is 1. The van der Waals surface area contributed by atoms with Gasteiger partial charge < -0.3 is 0 Å². The Morgan fingerprint density at radius 1 is 1.38 bits per heavy atom. The van der Waals surface area contributed by atoms with E-state index in [9.17, 15) is 13.2 Å². The van der Waals surface area contributed by atoms with Crippen LogP contribution in [-0.4, -0.2) is 42.5 Å². The second-order valence-corrected chi connectivity index (χ2v) is 8.50. The molecule has 21 heavy (non-hydrogen) atoms. The molecule has 1 aromatic carbocycles. The smallest absolute Gasteiger partial charge is 0.259 e. The van der Waals surface area contributed by atoms with Gasteiger partial charge in [-0.15, -0.1) is 0 Å². The summed E-state index contributed by atoms with van der Waals surface area (Å²) in [6.07, 6.45) is 0. The predicted octanol–water partition coefficient (Wildman–Crippen LogP) is 2.29. The maximum atomic E-state index is 12.1. The Bertz CT molecular complexity index is 787. The number of aromatic nitrogens is 1. The number of halogens is 2. The van der Waals surface area contributed by atoms with Crippen LogP contribution in [-0.2, 0) is 14.8 Å². The molecular weight excluding hydrogens is 357 g/mol. The molecular formula is C11H11Cl2N3O3S2. The van der Waals surface area contributed by atoms with Gasteiger partial charge in [-0.1, -0.05) is 34.5 Å². The fraction of sp³-hybridized carbons (Fsp3) is 0.273. The Kier molecular flexibility index (Phi) is 4.74. The summed E-state index contributed by atoms with van der Waals surface area (Å²) in [7, 11) is -0.598. The lowest BCUT2D eigenvalue weighted by Crippen LogP contribution is -2.22. The van der Waals surface area contributed by atoms with Crippen LogP contribution in [0.3, 0.4) is 0 Å². The molecule has 0 fully saturated rings. The molecule has 0 aliphatic heterocycles. The first-order valence-electron chi connectivity index (χ1n) is 5.64. The minimum Gasteiger partial charge on any atom is -0.300 e. The molecule has 0 aliphatic rings. The van der Waals surface area contributed by atoms with Gasteiger partial charge in [0.2, 0.25) is 10.0 Å². The minimum absolute atomic E-state index is 0.161. The van der Waals surface area contributed by atoms with Crippen molar-refractivity contribution in [1.29, 1.82) is 0 Å². The van der Waals surface area contributed by atoms with E-state index >= 15 is 0 Å². The van der Waals surface area contributed by atoms with Gasteiger partial charge in [0.1, 0.15) is 0 Å². The van der Waals surface area contributed by atoms with Crippen molar-refractivity contribution >= 4 is 65.8 Å². The molecule has 10 heteroatoms. The first kappa shape index (κ1) is 16.4. The fourth-order valence-corrected chi connectivity index (χ4v) is 3.51. The van der Waals surface area contributed by atoms with E-state index in [1.807, 2.05) is 0 Å². The van der Waals surface area contributed by atoms with Crippen LogP contribution in [0.15, 0.2) is 23.1 Å². The summed E-state index contributed by atoms with van der Waals surface area (Å²) in [6.45, 7) is 0. The van der Waals surface area contributed by atoms with Gasteiger partial charge in [0.05, 0.1) is 15.1 Å². The fourth-order valence-electron chi connectivity index (χ4n) is 1.49. The predicted molar refractivity (Wildman–Crippen MR) is 84.6 cm³/mol. The van der Waals surface area contributed by atoms with Crippen molar-refractivity contribution in [3.63, 3.8) is 0 Å². The Morgan fingerprint density at radius 2 is 2.05 bits per heavy atom. The van der Waals surface area contributed by atoms with Crippen molar-refractivity contribution in [3.8, 4) is 0 Å². The Morgan fingerprint density at radius 3 is 2.62 bits per heavy atom. The molecule has 1 aromatic heterocycles. The molecule has 0 radical (unpaired) electrons. The second-order valence-electron chi connectivity index (χ2n) is 4.23. The van der Waals surface area contributed by atoms with E-state index in [1.165, 1.54) is 26.2 Å². The molecule has 0 atom stereocenters. The quantitative estimate of drug-likeness (QED) is 0.840. The standard InChI is InChI=1S/C11H11Cl2N3O3S2/c1-16(2)21(18,19)6-3-4-7-8(5-6)20-11(14-7)15-10(17)9(12)13/h3-5,9H,1-2H3,(H,14,15,17). The summed E-state index contributed by atoms with van der Waals surface area (Å²) in [5, 5.41) is 2.76. The number of fused-ring (bicyclic) bond motifs is 1. The highest BCUT2D eigenvalue weighted by atomic mass is 35.5. The molecule has 1 N–H and O–H groups in total. The zero-order valence-corrected chi connectivity index (χ0v) is 14.1. The number of thiazole rings is 1. The number of nitrogens with one attached hydrogen (secondary N) is 1. The lowest BCUT2D eigenvalue weighted by Gasteiger charge is -2.10. The molecule has 0 aliphatic carbocycles. The summed E-state index contributed by atoms with van der Waals surface area (Å²) in [4.78, 5) is 14.5. The molecule has 0 unspecified atom stereocenters. The van der Waals surface area contributed by atoms with Crippen LogP contribution in [0.1, 0.15) is 0 Å². The van der Waals surface area contributed by atoms with E-state index in [0.29, 0.717) is 15.3 Å². The first-order chi connectivity index (χ1) is 9.71. The molecule has 0 saturated carbocycles. The van der Waals surface area contributed by atoms with Gasteiger partial charge >= 0.3 is 0 Å². The molecule has 6 nitrogen and oxygen atoms in total. The van der Waals surface area contributed by atoms with Crippen LogP contribution in [0, 0.1) is 0 Å². The molecule has 2 aromatic rings. The van der Waals surface area contributed by atoms with Crippen molar-refractivity contribution in [2.75, 3.05) is 19.4 Å². The van der Waals surface area contributed by atoms with Gasteiger partial charge in [0.25, 0.3) is 5.91 Å². The van der Waals surface area contributed by atoms with Crippen LogP contribution < -0.4 is 5.32 Å². The molecule has 0 bridgehead atoms. The largest absolute Gasteiger partial charge is 0.300 e. The molecule has 1 amide bonds. The van der Waals surface area contributed by atoms with Gasteiger partial charge in [-0.05, 0) is 18.2 Å². The van der Waals surface area contributed by atoms with E-state index in [4.69, 9.17) is 23.2 Å². The average Bonchev–Trinajstić information content (AvgIpc) is 2.79. The molecule has 2 rings (SSSR count). The van der Waals surface area contributed by atoms with Crippen molar-refractivity contribution in [1.82, 2.24) is 9.29 Å². The lowest BCUT2D eigenvalue weighted by atomic mass is 10.3. The zero-order chi connectivity index (χ0) is 15.8. The SMILES string of the molecule is CN(C)S(=O)(=O)c1ccc2nc(NC(=O)C(Cl)Cl)sc2c1. The number of alkyl halides is 2. The molecule has 1 heterocycles. The van der Waals surface area contributed by atoms with E-state index in [2.05, 4.69) is 10.3 Å². The molecule has 114 valence electrons. The normalized spacial score (nSPS) is 12.3. The summed E-state index contributed by atoms with van der Waals surface area (Å²) in [5.41, 5.74) is 0.578. The summed E-state index contributed by atoms with van der Waals surface area (Å²) < 4.78 is 25.9. The Labute approximate surface area is 135 Å². The van der Waals surface area contributed by atoms with E-state index in [0.717, 1.165) is 15.6 Å². The Hall–Kier alpha value is -0.930. The topological polar surface area (TPSA) is 79.4 Å². The van der Waals surface area contributed by atoms with E-state index in [-0.39, 0.29) is 4.90 Å².